The van der Waals surface area contributed by atoms with Crippen LogP contribution in [0.2, 0.25) is 0 Å². The van der Waals surface area contributed by atoms with Crippen LogP contribution < -0.4 is 5.32 Å². The summed E-state index contributed by atoms with van der Waals surface area (Å²) in [4.78, 5) is 23.1. The van der Waals surface area contributed by atoms with Crippen LogP contribution in [0.3, 0.4) is 0 Å². The van der Waals surface area contributed by atoms with Gasteiger partial charge >= 0.3 is 5.97 Å². The molecule has 0 aliphatic carbocycles. The lowest BCUT2D eigenvalue weighted by molar-refractivity contribution is -0.112. The Labute approximate surface area is 129 Å². The summed E-state index contributed by atoms with van der Waals surface area (Å²) in [5.74, 6) is -1.29. The fourth-order valence-electron chi connectivity index (χ4n) is 2.04. The van der Waals surface area contributed by atoms with Crippen LogP contribution in [-0.2, 0) is 4.79 Å². The average Bonchev–Trinajstić information content (AvgIpc) is 2.47. The first kappa shape index (κ1) is 15.5. The zero-order valence-corrected chi connectivity index (χ0v) is 12.5. The maximum absolute atomic E-state index is 12.2. The van der Waals surface area contributed by atoms with E-state index in [1.54, 1.807) is 25.1 Å². The molecule has 2 aromatic carbocycles. The van der Waals surface area contributed by atoms with Crippen LogP contribution in [0, 0.1) is 6.92 Å². The molecule has 112 valence electrons. The van der Waals surface area contributed by atoms with Crippen LogP contribution in [-0.4, -0.2) is 17.0 Å². The smallest absolute Gasteiger partial charge is 0.335 e. The van der Waals surface area contributed by atoms with E-state index in [0.717, 1.165) is 11.1 Å². The van der Waals surface area contributed by atoms with Crippen molar-refractivity contribution >= 4 is 23.6 Å². The minimum Gasteiger partial charge on any atom is -0.478 e. The average molecular weight is 295 g/mol. The highest BCUT2D eigenvalue weighted by molar-refractivity contribution is 6.06. The van der Waals surface area contributed by atoms with E-state index in [1.165, 1.54) is 12.1 Å². The highest BCUT2D eigenvalue weighted by atomic mass is 16.4. The molecule has 0 bridgehead atoms. The molecule has 2 aromatic rings. The normalized spacial score (nSPS) is 11.1. The van der Waals surface area contributed by atoms with Gasteiger partial charge in [-0.05, 0) is 43.7 Å². The number of carbonyl (C=O) groups excluding carboxylic acids is 1. The highest BCUT2D eigenvalue weighted by Gasteiger charge is 2.08. The van der Waals surface area contributed by atoms with Crippen LogP contribution in [0.25, 0.3) is 6.08 Å². The van der Waals surface area contributed by atoms with Gasteiger partial charge in [-0.3, -0.25) is 4.79 Å². The Bertz CT molecular complexity index is 748. The number of carboxylic acids is 1. The third-order valence-electron chi connectivity index (χ3n) is 3.15. The third kappa shape index (κ3) is 4.06. The predicted octanol–water partition coefficient (Wildman–Crippen LogP) is 3.74. The van der Waals surface area contributed by atoms with Crippen molar-refractivity contribution in [3.63, 3.8) is 0 Å². The van der Waals surface area contributed by atoms with Crippen molar-refractivity contribution in [2.45, 2.75) is 13.8 Å². The summed E-state index contributed by atoms with van der Waals surface area (Å²) in [7, 11) is 0. The number of hydrogen-bond donors (Lipinski definition) is 2. The molecule has 0 saturated carbocycles. The summed E-state index contributed by atoms with van der Waals surface area (Å²) in [6.45, 7) is 3.71. The minimum atomic E-state index is -1.02. The molecular formula is C18H17NO3. The van der Waals surface area contributed by atoms with Gasteiger partial charge in [0.2, 0.25) is 0 Å². The summed E-state index contributed by atoms with van der Waals surface area (Å²) in [6.07, 6.45) is 1.80. The van der Waals surface area contributed by atoms with Gasteiger partial charge in [0.25, 0.3) is 5.91 Å². The van der Waals surface area contributed by atoms with Gasteiger partial charge in [-0.15, -0.1) is 0 Å². The van der Waals surface area contributed by atoms with Crippen molar-refractivity contribution in [3.05, 3.63) is 70.8 Å². The first-order valence-electron chi connectivity index (χ1n) is 6.85. The largest absolute Gasteiger partial charge is 0.478 e. The Morgan fingerprint density at radius 1 is 1.09 bits per heavy atom. The van der Waals surface area contributed by atoms with Crippen LogP contribution in [0.15, 0.2) is 54.1 Å². The molecule has 2 rings (SSSR count). The van der Waals surface area contributed by atoms with Gasteiger partial charge in [-0.2, -0.15) is 0 Å². The SMILES string of the molecule is CC(=Cc1cccc(C)c1)C(=O)Nc1cccc(C(=O)O)c1. The van der Waals surface area contributed by atoms with Crippen molar-refractivity contribution < 1.29 is 14.7 Å². The lowest BCUT2D eigenvalue weighted by Crippen LogP contribution is -2.13. The monoisotopic (exact) mass is 295 g/mol. The van der Waals surface area contributed by atoms with Gasteiger partial charge in [0.05, 0.1) is 5.56 Å². The van der Waals surface area contributed by atoms with E-state index in [4.69, 9.17) is 5.11 Å². The predicted molar refractivity (Wildman–Crippen MR) is 86.9 cm³/mol. The molecule has 0 aromatic heterocycles. The summed E-state index contributed by atoms with van der Waals surface area (Å²) in [5, 5.41) is 11.7. The van der Waals surface area contributed by atoms with E-state index >= 15 is 0 Å². The number of carbonyl (C=O) groups is 2. The van der Waals surface area contributed by atoms with Crippen molar-refractivity contribution in [3.8, 4) is 0 Å². The molecule has 0 saturated heterocycles. The first-order valence-corrected chi connectivity index (χ1v) is 6.85. The van der Waals surface area contributed by atoms with Crippen molar-refractivity contribution in [2.24, 2.45) is 0 Å². The molecular weight excluding hydrogens is 278 g/mol. The van der Waals surface area contributed by atoms with E-state index in [1.807, 2.05) is 31.2 Å². The van der Waals surface area contributed by atoms with E-state index in [9.17, 15) is 9.59 Å². The van der Waals surface area contributed by atoms with Gasteiger partial charge in [0.1, 0.15) is 0 Å². The molecule has 4 nitrogen and oxygen atoms in total. The third-order valence-corrected chi connectivity index (χ3v) is 3.15. The van der Waals surface area contributed by atoms with Gasteiger partial charge < -0.3 is 10.4 Å². The zero-order valence-electron chi connectivity index (χ0n) is 12.5. The lowest BCUT2D eigenvalue weighted by Gasteiger charge is -2.06. The Morgan fingerprint density at radius 3 is 2.50 bits per heavy atom. The van der Waals surface area contributed by atoms with Gasteiger partial charge in [-0.25, -0.2) is 4.79 Å². The van der Waals surface area contributed by atoms with Gasteiger partial charge in [-0.1, -0.05) is 35.9 Å². The Hall–Kier alpha value is -2.88. The number of carboxylic acid groups (broad SMARTS) is 1. The number of hydrogen-bond acceptors (Lipinski definition) is 2. The van der Waals surface area contributed by atoms with Gasteiger partial charge in [0, 0.05) is 11.3 Å². The molecule has 0 unspecified atom stereocenters. The summed E-state index contributed by atoms with van der Waals surface area (Å²) < 4.78 is 0. The molecule has 0 heterocycles. The molecule has 0 atom stereocenters. The second-order valence-corrected chi connectivity index (χ2v) is 5.08. The van der Waals surface area contributed by atoms with E-state index in [2.05, 4.69) is 5.32 Å². The number of rotatable bonds is 4. The van der Waals surface area contributed by atoms with Crippen LogP contribution in [0.4, 0.5) is 5.69 Å². The zero-order chi connectivity index (χ0) is 16.1. The van der Waals surface area contributed by atoms with Crippen molar-refractivity contribution in [2.75, 3.05) is 5.32 Å². The molecule has 0 aliphatic heterocycles. The van der Waals surface area contributed by atoms with E-state index in [0.29, 0.717) is 11.3 Å². The number of anilines is 1. The van der Waals surface area contributed by atoms with E-state index in [-0.39, 0.29) is 11.5 Å². The van der Waals surface area contributed by atoms with Crippen LogP contribution in [0.1, 0.15) is 28.4 Å². The standard InChI is InChI=1S/C18H17NO3/c1-12-5-3-6-14(9-12)10-13(2)17(20)19-16-8-4-7-15(11-16)18(21)22/h3-11H,1-2H3,(H,19,20)(H,21,22). The van der Waals surface area contributed by atoms with Gasteiger partial charge in [0.15, 0.2) is 0 Å². The lowest BCUT2D eigenvalue weighted by atomic mass is 10.1. The summed E-state index contributed by atoms with van der Waals surface area (Å²) in [6, 6.07) is 14.0. The first-order chi connectivity index (χ1) is 10.5. The molecule has 4 heteroatoms. The molecule has 2 N–H and O–H groups in total. The van der Waals surface area contributed by atoms with Crippen LogP contribution >= 0.6 is 0 Å². The maximum Gasteiger partial charge on any atom is 0.335 e. The summed E-state index contributed by atoms with van der Waals surface area (Å²) in [5.41, 5.74) is 3.22. The number of aromatic carboxylic acids is 1. The Balaban J connectivity index is 2.14. The fourth-order valence-corrected chi connectivity index (χ4v) is 2.04. The second kappa shape index (κ2) is 6.72. The van der Waals surface area contributed by atoms with Crippen LogP contribution in [0.5, 0.6) is 0 Å². The van der Waals surface area contributed by atoms with Crippen molar-refractivity contribution in [1.29, 1.82) is 0 Å². The topological polar surface area (TPSA) is 66.4 Å². The number of aryl methyl sites for hydroxylation is 1. The maximum atomic E-state index is 12.2. The molecule has 0 spiro atoms. The molecule has 0 radical (unpaired) electrons. The Kier molecular flexibility index (Phi) is 4.73. The van der Waals surface area contributed by atoms with E-state index < -0.39 is 5.97 Å². The molecule has 1 amide bonds. The molecule has 22 heavy (non-hydrogen) atoms. The number of benzene rings is 2. The number of nitrogens with one attached hydrogen (secondary N) is 1. The Morgan fingerprint density at radius 2 is 1.82 bits per heavy atom. The highest BCUT2D eigenvalue weighted by Crippen LogP contribution is 2.14. The quantitative estimate of drug-likeness (QED) is 0.844. The van der Waals surface area contributed by atoms with Crippen molar-refractivity contribution in [1.82, 2.24) is 0 Å². The fraction of sp³-hybridized carbons (Fsp3) is 0.111. The summed E-state index contributed by atoms with van der Waals surface area (Å²) >= 11 is 0. The molecule has 0 aliphatic rings. The number of amides is 1. The minimum absolute atomic E-state index is 0.137. The molecule has 0 fully saturated rings. The second-order valence-electron chi connectivity index (χ2n) is 5.08.